The first kappa shape index (κ1) is 19.6. The summed E-state index contributed by atoms with van der Waals surface area (Å²) in [5.74, 6) is 0.773. The number of carbonyl (C=O) groups excluding carboxylic acids is 3. The van der Waals surface area contributed by atoms with Crippen LogP contribution in [0, 0.1) is 0 Å². The van der Waals surface area contributed by atoms with Crippen LogP contribution >= 0.6 is 0 Å². The van der Waals surface area contributed by atoms with Crippen LogP contribution in [0.2, 0.25) is 0 Å². The Morgan fingerprint density at radius 3 is 2.35 bits per heavy atom. The van der Waals surface area contributed by atoms with Crippen molar-refractivity contribution in [2.24, 2.45) is 0 Å². The topological polar surface area (TPSA) is 76.2 Å². The molecule has 1 atom stereocenters. The Hall–Kier alpha value is -3.35. The maximum atomic E-state index is 13.0. The molecule has 2 aromatic rings. The van der Waals surface area contributed by atoms with Crippen LogP contribution in [0.25, 0.3) is 0 Å². The van der Waals surface area contributed by atoms with Gasteiger partial charge in [0, 0.05) is 25.9 Å². The van der Waals surface area contributed by atoms with E-state index in [-0.39, 0.29) is 36.7 Å². The molecule has 3 aliphatic heterocycles. The maximum absolute atomic E-state index is 13.0. The average molecular weight is 420 g/mol. The summed E-state index contributed by atoms with van der Waals surface area (Å²) < 4.78 is 11.6. The van der Waals surface area contributed by atoms with Crippen molar-refractivity contribution in [1.82, 2.24) is 9.80 Å². The van der Waals surface area contributed by atoms with Crippen LogP contribution in [-0.4, -0.2) is 53.8 Å². The fourth-order valence-corrected chi connectivity index (χ4v) is 4.61. The molecular weight excluding hydrogens is 396 g/mol. The van der Waals surface area contributed by atoms with Gasteiger partial charge < -0.3 is 14.4 Å². The highest BCUT2D eigenvalue weighted by Crippen LogP contribution is 2.39. The molecule has 5 rings (SSSR count). The van der Waals surface area contributed by atoms with Crippen molar-refractivity contribution in [3.05, 3.63) is 58.7 Å². The molecule has 0 spiro atoms. The van der Waals surface area contributed by atoms with E-state index in [0.717, 1.165) is 29.9 Å². The van der Waals surface area contributed by atoms with E-state index in [1.54, 1.807) is 24.3 Å². The van der Waals surface area contributed by atoms with Gasteiger partial charge >= 0.3 is 0 Å². The van der Waals surface area contributed by atoms with Crippen molar-refractivity contribution in [3.63, 3.8) is 0 Å². The van der Waals surface area contributed by atoms with Crippen LogP contribution in [0.15, 0.2) is 36.4 Å². The van der Waals surface area contributed by atoms with Crippen molar-refractivity contribution in [1.29, 1.82) is 0 Å². The minimum atomic E-state index is -0.328. The van der Waals surface area contributed by atoms with Crippen molar-refractivity contribution >= 4 is 17.7 Å². The van der Waals surface area contributed by atoms with Gasteiger partial charge in [-0.25, -0.2) is 0 Å². The van der Waals surface area contributed by atoms with Crippen molar-refractivity contribution in [2.75, 3.05) is 26.3 Å². The molecule has 0 radical (unpaired) electrons. The zero-order valence-electron chi connectivity index (χ0n) is 17.4. The maximum Gasteiger partial charge on any atom is 0.261 e. The molecule has 0 aromatic heterocycles. The predicted octanol–water partition coefficient (Wildman–Crippen LogP) is 2.98. The highest BCUT2D eigenvalue weighted by atomic mass is 16.5. The number of ether oxygens (including phenoxy) is 2. The Morgan fingerprint density at radius 1 is 1.03 bits per heavy atom. The first-order valence-corrected chi connectivity index (χ1v) is 10.7. The number of nitrogens with zero attached hydrogens (tertiary/aromatic N) is 2. The van der Waals surface area contributed by atoms with Gasteiger partial charge in [-0.3, -0.25) is 19.3 Å². The molecule has 7 heteroatoms. The second kappa shape index (κ2) is 7.72. The van der Waals surface area contributed by atoms with Gasteiger partial charge in [0.2, 0.25) is 5.91 Å². The fraction of sp³-hybridized carbons (Fsp3) is 0.375. The number of rotatable bonds is 3. The molecule has 0 fully saturated rings. The number of hydrogen-bond acceptors (Lipinski definition) is 5. The quantitative estimate of drug-likeness (QED) is 0.714. The van der Waals surface area contributed by atoms with E-state index < -0.39 is 0 Å². The summed E-state index contributed by atoms with van der Waals surface area (Å²) in [7, 11) is 0. The van der Waals surface area contributed by atoms with E-state index >= 15 is 0 Å². The molecule has 7 nitrogen and oxygen atoms in total. The Balaban J connectivity index is 1.29. The lowest BCUT2D eigenvalue weighted by molar-refractivity contribution is -0.133. The Labute approximate surface area is 180 Å². The summed E-state index contributed by atoms with van der Waals surface area (Å²) in [6, 6.07) is 10.7. The first-order valence-electron chi connectivity index (χ1n) is 10.7. The molecule has 160 valence electrons. The Kier molecular flexibility index (Phi) is 4.88. The van der Waals surface area contributed by atoms with Crippen LogP contribution < -0.4 is 9.47 Å². The molecule has 0 bridgehead atoms. The van der Waals surface area contributed by atoms with Crippen LogP contribution in [-0.2, 0) is 11.2 Å². The molecule has 0 unspecified atom stereocenters. The van der Waals surface area contributed by atoms with Gasteiger partial charge in [0.15, 0.2) is 11.5 Å². The molecule has 3 amide bonds. The predicted molar refractivity (Wildman–Crippen MR) is 112 cm³/mol. The minimum absolute atomic E-state index is 0.0678. The van der Waals surface area contributed by atoms with Crippen LogP contribution in [0.5, 0.6) is 11.5 Å². The molecule has 0 saturated carbocycles. The molecular formula is C24H24N2O5. The minimum Gasteiger partial charge on any atom is -0.490 e. The van der Waals surface area contributed by atoms with E-state index in [2.05, 4.69) is 0 Å². The number of hydrogen-bond donors (Lipinski definition) is 0. The summed E-state index contributed by atoms with van der Waals surface area (Å²) in [5.41, 5.74) is 3.04. The lowest BCUT2D eigenvalue weighted by Crippen LogP contribution is -2.41. The van der Waals surface area contributed by atoms with Crippen LogP contribution in [0.4, 0.5) is 0 Å². The second-order valence-electron chi connectivity index (χ2n) is 8.12. The second-order valence-corrected chi connectivity index (χ2v) is 8.12. The van der Waals surface area contributed by atoms with Gasteiger partial charge in [-0.1, -0.05) is 12.1 Å². The van der Waals surface area contributed by atoms with E-state index in [9.17, 15) is 14.4 Å². The van der Waals surface area contributed by atoms with Gasteiger partial charge in [-0.2, -0.15) is 0 Å². The highest BCUT2D eigenvalue weighted by Gasteiger charge is 2.36. The summed E-state index contributed by atoms with van der Waals surface area (Å²) >= 11 is 0. The van der Waals surface area contributed by atoms with Gasteiger partial charge in [0.05, 0.1) is 30.4 Å². The Morgan fingerprint density at radius 2 is 1.68 bits per heavy atom. The third kappa shape index (κ3) is 3.34. The SMILES string of the molecule is C[C@H]1c2cc3c(cc2CCN1C(=O)CCN1C(=O)c2ccccc2C1=O)OCCCO3. The molecule has 0 N–H and O–H groups in total. The van der Waals surface area contributed by atoms with Crippen molar-refractivity contribution in [2.45, 2.75) is 32.2 Å². The first-order chi connectivity index (χ1) is 15.0. The number of amides is 3. The van der Waals surface area contributed by atoms with Crippen LogP contribution in [0.1, 0.15) is 57.7 Å². The van der Waals surface area contributed by atoms with E-state index in [4.69, 9.17) is 9.47 Å². The number of fused-ring (bicyclic) bond motifs is 3. The monoisotopic (exact) mass is 420 g/mol. The lowest BCUT2D eigenvalue weighted by atomic mass is 9.92. The zero-order valence-corrected chi connectivity index (χ0v) is 17.4. The summed E-state index contributed by atoms with van der Waals surface area (Å²) in [6.07, 6.45) is 1.68. The molecule has 2 aromatic carbocycles. The standard InChI is InChI=1S/C24H24N2O5/c1-15-19-14-21-20(30-11-4-12-31-21)13-16(19)7-9-25(15)22(27)8-10-26-23(28)17-5-2-3-6-18(17)24(26)29/h2-3,5-6,13-15H,4,7-12H2,1H3/t15-/m0/s1. The highest BCUT2D eigenvalue weighted by molar-refractivity contribution is 6.21. The van der Waals surface area contributed by atoms with E-state index in [1.165, 1.54) is 10.5 Å². The van der Waals surface area contributed by atoms with E-state index in [1.807, 2.05) is 24.0 Å². The van der Waals surface area contributed by atoms with Gasteiger partial charge in [0.25, 0.3) is 11.8 Å². The zero-order chi connectivity index (χ0) is 21.5. The summed E-state index contributed by atoms with van der Waals surface area (Å²) in [6.45, 7) is 3.94. The number of benzene rings is 2. The van der Waals surface area contributed by atoms with Crippen molar-refractivity contribution < 1.29 is 23.9 Å². The largest absolute Gasteiger partial charge is 0.490 e. The fourth-order valence-electron chi connectivity index (χ4n) is 4.61. The summed E-state index contributed by atoms with van der Waals surface area (Å²) in [4.78, 5) is 41.1. The number of carbonyl (C=O) groups is 3. The van der Waals surface area contributed by atoms with Gasteiger partial charge in [-0.15, -0.1) is 0 Å². The van der Waals surface area contributed by atoms with E-state index in [0.29, 0.717) is 30.9 Å². The molecule has 0 saturated heterocycles. The third-order valence-corrected chi connectivity index (χ3v) is 6.30. The third-order valence-electron chi connectivity index (χ3n) is 6.30. The Bertz CT molecular complexity index is 1040. The molecule has 3 heterocycles. The van der Waals surface area contributed by atoms with Crippen molar-refractivity contribution in [3.8, 4) is 11.5 Å². The smallest absolute Gasteiger partial charge is 0.261 e. The molecule has 3 aliphatic rings. The van der Waals surface area contributed by atoms with Gasteiger partial charge in [-0.05, 0) is 48.7 Å². The number of imide groups is 1. The molecule has 31 heavy (non-hydrogen) atoms. The lowest BCUT2D eigenvalue weighted by Gasteiger charge is -2.36. The van der Waals surface area contributed by atoms with Crippen LogP contribution in [0.3, 0.4) is 0 Å². The van der Waals surface area contributed by atoms with Gasteiger partial charge in [0.1, 0.15) is 0 Å². The summed E-state index contributed by atoms with van der Waals surface area (Å²) in [5, 5.41) is 0. The normalized spacial score (nSPS) is 19.7. The average Bonchev–Trinajstić information content (AvgIpc) is 2.92. The molecule has 0 aliphatic carbocycles.